The third kappa shape index (κ3) is 3.05. The van der Waals surface area contributed by atoms with E-state index in [-0.39, 0.29) is 26.9 Å². The van der Waals surface area contributed by atoms with Crippen molar-refractivity contribution in [2.24, 2.45) is 0 Å². The summed E-state index contributed by atoms with van der Waals surface area (Å²) in [5, 5.41) is 9.60. The van der Waals surface area contributed by atoms with E-state index in [1.54, 1.807) is 0 Å². The number of sulfone groups is 1. The summed E-state index contributed by atoms with van der Waals surface area (Å²) in [5.41, 5.74) is -0.343. The number of carbonyl (C=O) groups is 1. The summed E-state index contributed by atoms with van der Waals surface area (Å²) in [5.74, 6) is -2.01. The number of esters is 1. The quantitative estimate of drug-likeness (QED) is 0.670. The van der Waals surface area contributed by atoms with E-state index in [0.717, 1.165) is 37.4 Å². The van der Waals surface area contributed by atoms with Crippen molar-refractivity contribution in [2.75, 3.05) is 14.2 Å². The first-order chi connectivity index (χ1) is 11.2. The number of benzene rings is 2. The summed E-state index contributed by atoms with van der Waals surface area (Å²) >= 11 is 0. The summed E-state index contributed by atoms with van der Waals surface area (Å²) in [4.78, 5) is 11.3. The summed E-state index contributed by atoms with van der Waals surface area (Å²) in [6.07, 6.45) is 0. The van der Waals surface area contributed by atoms with Gasteiger partial charge in [-0.25, -0.2) is 17.6 Å². The van der Waals surface area contributed by atoms with Crippen LogP contribution in [0.3, 0.4) is 0 Å². The molecule has 0 saturated heterocycles. The minimum absolute atomic E-state index is 0.0459. The molecular weight excluding hydrogens is 339 g/mol. The Bertz CT molecular complexity index is 905. The Kier molecular flexibility index (Phi) is 4.79. The first-order valence-electron chi connectivity index (χ1n) is 6.73. The van der Waals surface area contributed by atoms with Crippen LogP contribution >= 0.6 is 0 Å². The molecule has 0 aliphatic heterocycles. The second-order valence-corrected chi connectivity index (χ2v) is 6.81. The van der Waals surface area contributed by atoms with E-state index in [9.17, 15) is 22.7 Å². The van der Waals surface area contributed by atoms with Gasteiger partial charge in [0.05, 0.1) is 29.6 Å². The van der Waals surface area contributed by atoms with Gasteiger partial charge in [0.15, 0.2) is 11.5 Å². The molecule has 0 atom stereocenters. The molecule has 1 N–H and O–H groups in total. The maximum absolute atomic E-state index is 13.6. The van der Waals surface area contributed by atoms with Crippen LogP contribution < -0.4 is 4.74 Å². The van der Waals surface area contributed by atoms with E-state index in [0.29, 0.717) is 0 Å². The maximum atomic E-state index is 13.6. The average molecular weight is 354 g/mol. The first-order valence-corrected chi connectivity index (χ1v) is 8.21. The van der Waals surface area contributed by atoms with Crippen molar-refractivity contribution in [3.63, 3.8) is 0 Å². The van der Waals surface area contributed by atoms with Crippen LogP contribution in [0.25, 0.3) is 0 Å². The number of hydrogen-bond donors (Lipinski definition) is 1. The topological polar surface area (TPSA) is 89.9 Å². The molecule has 128 valence electrons. The molecule has 0 heterocycles. The number of aromatic hydroxyl groups is 1. The highest BCUT2D eigenvalue weighted by Gasteiger charge is 2.28. The SMILES string of the molecule is COC(=O)c1cc(F)cc(C)c1S(=O)(=O)c1ccc(O)c(OC)c1. The van der Waals surface area contributed by atoms with Crippen LogP contribution in [-0.2, 0) is 14.6 Å². The van der Waals surface area contributed by atoms with Gasteiger partial charge in [-0.1, -0.05) is 0 Å². The zero-order chi connectivity index (χ0) is 18.1. The smallest absolute Gasteiger partial charge is 0.339 e. The highest BCUT2D eigenvalue weighted by atomic mass is 32.2. The fraction of sp³-hybridized carbons (Fsp3) is 0.188. The molecule has 2 aromatic rings. The average Bonchev–Trinajstić information content (AvgIpc) is 2.53. The molecule has 0 saturated carbocycles. The number of phenols is 1. The highest BCUT2D eigenvalue weighted by Crippen LogP contribution is 2.34. The molecule has 0 bridgehead atoms. The van der Waals surface area contributed by atoms with Crippen molar-refractivity contribution in [1.29, 1.82) is 0 Å². The second kappa shape index (κ2) is 6.48. The number of halogens is 1. The van der Waals surface area contributed by atoms with Gasteiger partial charge in [0, 0.05) is 6.07 Å². The Morgan fingerprint density at radius 3 is 2.42 bits per heavy atom. The molecule has 0 spiro atoms. The lowest BCUT2D eigenvalue weighted by atomic mass is 10.1. The van der Waals surface area contributed by atoms with E-state index >= 15 is 0 Å². The zero-order valence-electron chi connectivity index (χ0n) is 13.2. The van der Waals surface area contributed by atoms with Gasteiger partial charge in [-0.2, -0.15) is 0 Å². The summed E-state index contributed by atoms with van der Waals surface area (Å²) in [7, 11) is -1.84. The number of ether oxygens (including phenoxy) is 2. The molecule has 0 unspecified atom stereocenters. The van der Waals surface area contributed by atoms with Gasteiger partial charge in [-0.15, -0.1) is 0 Å². The fourth-order valence-corrected chi connectivity index (χ4v) is 3.95. The molecule has 0 aliphatic carbocycles. The van der Waals surface area contributed by atoms with Gasteiger partial charge in [-0.3, -0.25) is 0 Å². The van der Waals surface area contributed by atoms with E-state index < -0.39 is 27.2 Å². The van der Waals surface area contributed by atoms with Gasteiger partial charge in [0.1, 0.15) is 5.82 Å². The maximum Gasteiger partial charge on any atom is 0.339 e. The van der Waals surface area contributed by atoms with Gasteiger partial charge in [-0.05, 0) is 36.8 Å². The second-order valence-electron chi connectivity index (χ2n) is 4.93. The Labute approximate surface area is 138 Å². The van der Waals surface area contributed by atoms with Crippen LogP contribution in [0.15, 0.2) is 40.1 Å². The molecule has 0 amide bonds. The van der Waals surface area contributed by atoms with Crippen molar-refractivity contribution in [2.45, 2.75) is 16.7 Å². The van der Waals surface area contributed by atoms with Crippen molar-refractivity contribution in [3.05, 3.63) is 47.3 Å². The summed E-state index contributed by atoms with van der Waals surface area (Å²) in [6, 6.07) is 5.26. The Hall–Kier alpha value is -2.61. The third-order valence-corrected chi connectivity index (χ3v) is 5.33. The van der Waals surface area contributed by atoms with Crippen molar-refractivity contribution in [1.82, 2.24) is 0 Å². The van der Waals surface area contributed by atoms with Crippen LogP contribution in [0.1, 0.15) is 15.9 Å². The first kappa shape index (κ1) is 17.7. The lowest BCUT2D eigenvalue weighted by molar-refractivity contribution is 0.0595. The van der Waals surface area contributed by atoms with Crippen LogP contribution in [-0.4, -0.2) is 33.7 Å². The number of aryl methyl sites for hydroxylation is 1. The number of carbonyl (C=O) groups excluding carboxylic acids is 1. The van der Waals surface area contributed by atoms with E-state index in [4.69, 9.17) is 4.74 Å². The Balaban J connectivity index is 2.77. The van der Waals surface area contributed by atoms with Crippen LogP contribution in [0.4, 0.5) is 4.39 Å². The molecule has 2 rings (SSSR count). The molecule has 24 heavy (non-hydrogen) atoms. The van der Waals surface area contributed by atoms with Gasteiger partial charge < -0.3 is 14.6 Å². The normalized spacial score (nSPS) is 11.2. The molecule has 0 radical (unpaired) electrons. The number of hydrogen-bond acceptors (Lipinski definition) is 6. The van der Waals surface area contributed by atoms with Crippen LogP contribution in [0.2, 0.25) is 0 Å². The molecule has 8 heteroatoms. The molecule has 6 nitrogen and oxygen atoms in total. The number of methoxy groups -OCH3 is 2. The molecule has 0 aromatic heterocycles. The fourth-order valence-electron chi connectivity index (χ4n) is 2.29. The summed E-state index contributed by atoms with van der Waals surface area (Å²) in [6.45, 7) is 1.38. The van der Waals surface area contributed by atoms with Gasteiger partial charge in [0.25, 0.3) is 0 Å². The predicted molar refractivity (Wildman–Crippen MR) is 82.6 cm³/mol. The minimum atomic E-state index is -4.18. The highest BCUT2D eigenvalue weighted by molar-refractivity contribution is 7.91. The van der Waals surface area contributed by atoms with Crippen molar-refractivity contribution >= 4 is 15.8 Å². The largest absolute Gasteiger partial charge is 0.504 e. The van der Waals surface area contributed by atoms with E-state index in [2.05, 4.69) is 4.74 Å². The van der Waals surface area contributed by atoms with Crippen molar-refractivity contribution in [3.8, 4) is 11.5 Å². The lowest BCUT2D eigenvalue weighted by Gasteiger charge is -2.13. The minimum Gasteiger partial charge on any atom is -0.504 e. The monoisotopic (exact) mass is 354 g/mol. The van der Waals surface area contributed by atoms with Crippen molar-refractivity contribution < 1.29 is 32.2 Å². The molecule has 0 aliphatic rings. The Morgan fingerprint density at radius 2 is 1.83 bits per heavy atom. The lowest BCUT2D eigenvalue weighted by Crippen LogP contribution is -2.13. The standard InChI is InChI=1S/C16H15FO6S/c1-9-6-10(17)7-12(16(19)23-3)15(9)24(20,21)11-4-5-13(18)14(8-11)22-2/h4-8,18H,1-3H3. The number of rotatable bonds is 4. The van der Waals surface area contributed by atoms with Crippen LogP contribution in [0.5, 0.6) is 11.5 Å². The Morgan fingerprint density at radius 1 is 1.17 bits per heavy atom. The molecule has 2 aromatic carbocycles. The van der Waals surface area contributed by atoms with E-state index in [1.165, 1.54) is 14.0 Å². The predicted octanol–water partition coefficient (Wildman–Crippen LogP) is 2.47. The summed E-state index contributed by atoms with van der Waals surface area (Å²) < 4.78 is 48.9. The third-order valence-electron chi connectivity index (χ3n) is 3.37. The van der Waals surface area contributed by atoms with Crippen LogP contribution in [0, 0.1) is 12.7 Å². The zero-order valence-corrected chi connectivity index (χ0v) is 14.0. The number of phenolic OH excluding ortho intramolecular Hbond substituents is 1. The van der Waals surface area contributed by atoms with Gasteiger partial charge in [0.2, 0.25) is 9.84 Å². The molecule has 0 fully saturated rings. The van der Waals surface area contributed by atoms with Gasteiger partial charge >= 0.3 is 5.97 Å². The molecular formula is C16H15FO6S. The van der Waals surface area contributed by atoms with E-state index in [1.807, 2.05) is 0 Å².